The van der Waals surface area contributed by atoms with Gasteiger partial charge in [-0.1, -0.05) is 0 Å². The van der Waals surface area contributed by atoms with E-state index in [-0.39, 0.29) is 12.2 Å². The first-order chi connectivity index (χ1) is 15.4. The summed E-state index contributed by atoms with van der Waals surface area (Å²) in [5.74, 6) is -2.62. The molecule has 1 aromatic carbocycles. The van der Waals surface area contributed by atoms with E-state index < -0.39 is 35.2 Å². The zero-order valence-electron chi connectivity index (χ0n) is 16.1. The molecule has 32 heavy (non-hydrogen) atoms. The number of carbonyl (C=O) groups is 3. The van der Waals surface area contributed by atoms with Crippen LogP contribution < -0.4 is 10.0 Å². The van der Waals surface area contributed by atoms with Gasteiger partial charge in [-0.15, -0.1) is 11.3 Å². The number of hydrogen-bond donors (Lipinski definition) is 4. The second-order valence-electron chi connectivity index (χ2n) is 6.70. The molecule has 13 heteroatoms. The number of carboxylic acids is 1. The monoisotopic (exact) mass is 477 g/mol. The van der Waals surface area contributed by atoms with Gasteiger partial charge in [-0.3, -0.25) is 14.3 Å². The number of rotatable bonds is 9. The molecule has 1 saturated heterocycles. The van der Waals surface area contributed by atoms with E-state index in [0.717, 1.165) is 11.9 Å². The highest BCUT2D eigenvalue weighted by molar-refractivity contribution is 7.99. The third-order valence-electron chi connectivity index (χ3n) is 4.42. The van der Waals surface area contributed by atoms with Gasteiger partial charge in [0.15, 0.2) is 17.3 Å². The average Bonchev–Trinajstić information content (AvgIpc) is 3.17. The summed E-state index contributed by atoms with van der Waals surface area (Å²) in [6.07, 6.45) is 1.01. The van der Waals surface area contributed by atoms with E-state index in [1.807, 2.05) is 0 Å². The molecule has 3 aromatic rings. The Kier molecular flexibility index (Phi) is 6.48. The number of anilines is 1. The molecule has 0 unspecified atom stereocenters. The van der Waals surface area contributed by atoms with Crippen LogP contribution in [0.5, 0.6) is 0 Å². The van der Waals surface area contributed by atoms with Crippen LogP contribution in [0, 0.1) is 5.82 Å². The predicted octanol–water partition coefficient (Wildman–Crippen LogP) is 1.84. The van der Waals surface area contributed by atoms with Gasteiger partial charge in [0.2, 0.25) is 5.91 Å². The summed E-state index contributed by atoms with van der Waals surface area (Å²) in [4.78, 5) is 47.0. The summed E-state index contributed by atoms with van der Waals surface area (Å²) >= 11 is 2.05. The van der Waals surface area contributed by atoms with Gasteiger partial charge in [-0.25, -0.2) is 19.2 Å². The van der Waals surface area contributed by atoms with Crippen molar-refractivity contribution in [2.45, 2.75) is 23.9 Å². The van der Waals surface area contributed by atoms with E-state index in [4.69, 9.17) is 9.84 Å². The summed E-state index contributed by atoms with van der Waals surface area (Å²) in [6.45, 7) is 0. The summed E-state index contributed by atoms with van der Waals surface area (Å²) in [7, 11) is 0. The lowest BCUT2D eigenvalue weighted by Gasteiger charge is -2.14. The number of ether oxygens (including phenoxy) is 1. The number of epoxide rings is 1. The summed E-state index contributed by atoms with van der Waals surface area (Å²) < 4.78 is 20.4. The number of H-pyrrole nitrogens is 1. The number of aromatic nitrogens is 3. The van der Waals surface area contributed by atoms with Gasteiger partial charge < -0.3 is 20.1 Å². The van der Waals surface area contributed by atoms with E-state index in [1.165, 1.54) is 29.8 Å². The van der Waals surface area contributed by atoms with E-state index in [9.17, 15) is 18.8 Å². The lowest BCUT2D eigenvalue weighted by molar-refractivity contribution is -0.138. The predicted molar refractivity (Wildman–Crippen MR) is 114 cm³/mol. The fourth-order valence-electron chi connectivity index (χ4n) is 2.74. The lowest BCUT2D eigenvalue weighted by atomic mass is 10.2. The molecule has 3 atom stereocenters. The Morgan fingerprint density at radius 2 is 2.06 bits per heavy atom. The van der Waals surface area contributed by atoms with Crippen molar-refractivity contribution in [3.05, 3.63) is 53.7 Å². The fourth-order valence-corrected chi connectivity index (χ4v) is 4.27. The Morgan fingerprint density at radius 1 is 1.28 bits per heavy atom. The van der Waals surface area contributed by atoms with Gasteiger partial charge in [-0.05, 0) is 36.2 Å². The number of benzene rings is 1. The van der Waals surface area contributed by atoms with Crippen molar-refractivity contribution in [2.24, 2.45) is 0 Å². The number of carbonyl (C=O) groups excluding carboxylic acids is 2. The van der Waals surface area contributed by atoms with Gasteiger partial charge in [-0.2, -0.15) is 0 Å². The third-order valence-corrected chi connectivity index (χ3v) is 6.16. The minimum atomic E-state index is -1.22. The number of halogens is 1. The van der Waals surface area contributed by atoms with Crippen molar-refractivity contribution in [1.82, 2.24) is 19.7 Å². The minimum Gasteiger partial charge on any atom is -0.479 e. The summed E-state index contributed by atoms with van der Waals surface area (Å²) in [5.41, 5.74) is 1.96. The van der Waals surface area contributed by atoms with Crippen molar-refractivity contribution < 1.29 is 28.6 Å². The molecule has 2 aromatic heterocycles. The lowest BCUT2D eigenvalue weighted by Crippen LogP contribution is -2.33. The van der Waals surface area contributed by atoms with Crippen LogP contribution in [-0.2, 0) is 25.5 Å². The molecule has 166 valence electrons. The molecule has 3 heterocycles. The maximum atomic E-state index is 13.1. The SMILES string of the molecule is O=C(Nc1nc(-c2ccc(F)cc2)cs1)[C@H](Cc1cnc[nH]1)SNC(=O)[C@@H]1O[C@H]1C(=O)O. The Morgan fingerprint density at radius 3 is 2.72 bits per heavy atom. The number of hydrogen-bond acceptors (Lipinski definition) is 8. The molecule has 2 amide bonds. The molecule has 4 rings (SSSR count). The largest absolute Gasteiger partial charge is 0.479 e. The van der Waals surface area contributed by atoms with E-state index in [1.54, 1.807) is 23.7 Å². The number of aliphatic carboxylic acids is 1. The zero-order valence-corrected chi connectivity index (χ0v) is 17.8. The first-order valence-corrected chi connectivity index (χ1v) is 11.0. The highest BCUT2D eigenvalue weighted by Crippen LogP contribution is 2.27. The molecule has 1 aliphatic rings. The van der Waals surface area contributed by atoms with Gasteiger partial charge >= 0.3 is 5.97 Å². The second kappa shape index (κ2) is 9.46. The number of amides is 2. The third kappa shape index (κ3) is 5.30. The molecule has 1 fully saturated rings. The van der Waals surface area contributed by atoms with E-state index in [0.29, 0.717) is 22.1 Å². The maximum Gasteiger partial charge on any atom is 0.336 e. The van der Waals surface area contributed by atoms with Gasteiger partial charge in [0.25, 0.3) is 5.91 Å². The van der Waals surface area contributed by atoms with Crippen molar-refractivity contribution >= 4 is 46.2 Å². The van der Waals surface area contributed by atoms with Crippen LogP contribution in [0.1, 0.15) is 5.69 Å². The second-order valence-corrected chi connectivity index (χ2v) is 8.57. The molecule has 0 aliphatic carbocycles. The molecule has 10 nitrogen and oxygen atoms in total. The summed E-state index contributed by atoms with van der Waals surface area (Å²) in [5, 5.41) is 12.9. The number of carboxylic acid groups (broad SMARTS) is 1. The number of aromatic amines is 1. The van der Waals surface area contributed by atoms with Crippen LogP contribution in [0.15, 0.2) is 42.2 Å². The number of nitrogens with one attached hydrogen (secondary N) is 3. The van der Waals surface area contributed by atoms with Gasteiger partial charge in [0, 0.05) is 29.3 Å². The fraction of sp³-hybridized carbons (Fsp3) is 0.211. The molecule has 1 aliphatic heterocycles. The first-order valence-electron chi connectivity index (χ1n) is 9.24. The van der Waals surface area contributed by atoms with Crippen LogP contribution in [0.3, 0.4) is 0 Å². The normalized spacial score (nSPS) is 18.0. The molecule has 0 spiro atoms. The summed E-state index contributed by atoms with van der Waals surface area (Å²) in [6, 6.07) is 5.83. The van der Waals surface area contributed by atoms with Crippen LogP contribution in [0.25, 0.3) is 11.3 Å². The Balaban J connectivity index is 1.40. The highest BCUT2D eigenvalue weighted by Gasteiger charge is 2.51. The first kappa shape index (κ1) is 21.9. The topological polar surface area (TPSA) is 150 Å². The van der Waals surface area contributed by atoms with Crippen molar-refractivity contribution in [2.75, 3.05) is 5.32 Å². The van der Waals surface area contributed by atoms with E-state index >= 15 is 0 Å². The molecular formula is C19H16FN5O5S2. The zero-order chi connectivity index (χ0) is 22.7. The van der Waals surface area contributed by atoms with Gasteiger partial charge in [0.1, 0.15) is 11.1 Å². The molecule has 0 radical (unpaired) electrons. The Bertz CT molecular complexity index is 1120. The minimum absolute atomic E-state index is 0.223. The van der Waals surface area contributed by atoms with Crippen LogP contribution >= 0.6 is 23.3 Å². The van der Waals surface area contributed by atoms with Gasteiger partial charge in [0.05, 0.1) is 12.0 Å². The smallest absolute Gasteiger partial charge is 0.336 e. The molecule has 4 N–H and O–H groups in total. The number of thiazole rings is 1. The standard InChI is InChI=1S/C19H16FN5O5S2/c20-10-3-1-9(2-4-10)12-7-31-19(23-12)24-16(26)13(5-11-6-21-8-22-11)32-25-17(27)14-15(30-14)18(28)29/h1-4,6-8,13-15H,5H2,(H,21,22)(H,25,27)(H,28,29)(H,23,24,26)/t13-,14+,15+/m0/s1. The quantitative estimate of drug-likeness (QED) is 0.269. The number of imidazole rings is 1. The number of nitrogens with zero attached hydrogens (tertiary/aromatic N) is 2. The maximum absolute atomic E-state index is 13.1. The van der Waals surface area contributed by atoms with E-state index in [2.05, 4.69) is 25.0 Å². The molecular weight excluding hydrogens is 461 g/mol. The van der Waals surface area contributed by atoms with Crippen LogP contribution in [-0.4, -0.2) is 55.3 Å². The van der Waals surface area contributed by atoms with Crippen LogP contribution in [0.2, 0.25) is 0 Å². The van der Waals surface area contributed by atoms with Crippen molar-refractivity contribution in [3.63, 3.8) is 0 Å². The Labute approximate surface area is 188 Å². The Hall–Kier alpha value is -3.29. The van der Waals surface area contributed by atoms with Crippen molar-refractivity contribution in [1.29, 1.82) is 0 Å². The molecule has 0 saturated carbocycles. The molecule has 0 bridgehead atoms. The highest BCUT2D eigenvalue weighted by atomic mass is 32.2. The average molecular weight is 477 g/mol. The van der Waals surface area contributed by atoms with Crippen LogP contribution in [0.4, 0.5) is 9.52 Å². The van der Waals surface area contributed by atoms with Crippen molar-refractivity contribution in [3.8, 4) is 11.3 Å².